The molecular weight excluding hydrogens is 234 g/mol. The van der Waals surface area contributed by atoms with Crippen molar-refractivity contribution in [2.45, 2.75) is 19.4 Å². The van der Waals surface area contributed by atoms with Crippen LogP contribution < -0.4 is 11.1 Å². The summed E-state index contributed by atoms with van der Waals surface area (Å²) in [6.45, 7) is 3.87. The second-order valence-corrected chi connectivity index (χ2v) is 5.47. The summed E-state index contributed by atoms with van der Waals surface area (Å²) in [5.41, 5.74) is 4.81. The lowest BCUT2D eigenvalue weighted by Gasteiger charge is -2.25. The number of hydrogen-bond donors (Lipinski definition) is 2. The number of hydrogen-bond acceptors (Lipinski definition) is 4. The molecule has 0 saturated carbocycles. The van der Waals surface area contributed by atoms with Crippen LogP contribution in [-0.2, 0) is 14.3 Å². The largest absolute Gasteiger partial charge is 0.379 e. The lowest BCUT2D eigenvalue weighted by Crippen LogP contribution is -2.45. The SMILES string of the molecule is CNC1COCC1C(=O)N1CCC(C)(C(N)=O)C1. The molecule has 2 amide bonds. The molecule has 0 aromatic rings. The van der Waals surface area contributed by atoms with Gasteiger partial charge in [0.2, 0.25) is 11.8 Å². The van der Waals surface area contributed by atoms with Crippen molar-refractivity contribution >= 4 is 11.8 Å². The van der Waals surface area contributed by atoms with E-state index in [-0.39, 0.29) is 23.8 Å². The van der Waals surface area contributed by atoms with Crippen molar-refractivity contribution in [1.29, 1.82) is 0 Å². The summed E-state index contributed by atoms with van der Waals surface area (Å²) in [6, 6.07) is 0.0675. The Morgan fingerprint density at radius 1 is 1.44 bits per heavy atom. The summed E-state index contributed by atoms with van der Waals surface area (Å²) in [5.74, 6) is -0.410. The lowest BCUT2D eigenvalue weighted by atomic mass is 9.89. The first-order valence-electron chi connectivity index (χ1n) is 6.31. The summed E-state index contributed by atoms with van der Waals surface area (Å²) in [5, 5.41) is 3.10. The highest BCUT2D eigenvalue weighted by Gasteiger charge is 2.44. The van der Waals surface area contributed by atoms with Crippen LogP contribution in [0.2, 0.25) is 0 Å². The predicted molar refractivity (Wildman–Crippen MR) is 65.7 cm³/mol. The molecule has 0 spiro atoms. The van der Waals surface area contributed by atoms with Crippen LogP contribution in [0.1, 0.15) is 13.3 Å². The molecule has 2 aliphatic heterocycles. The van der Waals surface area contributed by atoms with Gasteiger partial charge in [-0.2, -0.15) is 0 Å². The highest BCUT2D eigenvalue weighted by molar-refractivity contribution is 5.85. The molecule has 3 N–H and O–H groups in total. The summed E-state index contributed by atoms with van der Waals surface area (Å²) >= 11 is 0. The highest BCUT2D eigenvalue weighted by Crippen LogP contribution is 2.31. The number of primary amides is 1. The third-order valence-electron chi connectivity index (χ3n) is 4.15. The number of rotatable bonds is 3. The minimum atomic E-state index is -0.579. The van der Waals surface area contributed by atoms with Gasteiger partial charge in [-0.05, 0) is 20.4 Å². The topological polar surface area (TPSA) is 84.7 Å². The maximum atomic E-state index is 12.4. The van der Waals surface area contributed by atoms with Crippen molar-refractivity contribution in [1.82, 2.24) is 10.2 Å². The zero-order valence-corrected chi connectivity index (χ0v) is 10.9. The van der Waals surface area contributed by atoms with Gasteiger partial charge in [-0.25, -0.2) is 0 Å². The summed E-state index contributed by atoms with van der Waals surface area (Å²) in [4.78, 5) is 25.5. The van der Waals surface area contributed by atoms with Gasteiger partial charge in [0.05, 0.1) is 24.5 Å². The zero-order valence-electron chi connectivity index (χ0n) is 10.9. The van der Waals surface area contributed by atoms with Crippen molar-refractivity contribution in [2.75, 3.05) is 33.4 Å². The summed E-state index contributed by atoms with van der Waals surface area (Å²) in [6.07, 6.45) is 0.645. The molecule has 2 heterocycles. The second-order valence-electron chi connectivity index (χ2n) is 5.47. The minimum absolute atomic E-state index is 0.0665. The summed E-state index contributed by atoms with van der Waals surface area (Å²) < 4.78 is 5.34. The van der Waals surface area contributed by atoms with E-state index in [1.165, 1.54) is 0 Å². The van der Waals surface area contributed by atoms with Gasteiger partial charge in [-0.15, -0.1) is 0 Å². The Labute approximate surface area is 107 Å². The normalized spacial score (nSPS) is 36.0. The molecule has 6 nitrogen and oxygen atoms in total. The van der Waals surface area contributed by atoms with Gasteiger partial charge in [-0.3, -0.25) is 9.59 Å². The van der Waals surface area contributed by atoms with Crippen molar-refractivity contribution in [3.05, 3.63) is 0 Å². The maximum absolute atomic E-state index is 12.4. The number of likely N-dealkylation sites (N-methyl/N-ethyl adjacent to an activating group) is 1. The van der Waals surface area contributed by atoms with E-state index in [0.717, 1.165) is 0 Å². The molecule has 0 aromatic heterocycles. The van der Waals surface area contributed by atoms with E-state index >= 15 is 0 Å². The standard InChI is InChI=1S/C12H21N3O3/c1-12(11(13)17)3-4-15(7-12)10(16)8-5-18-6-9(8)14-2/h8-9,14H,3-7H2,1-2H3,(H2,13,17). The molecule has 3 atom stereocenters. The third kappa shape index (κ3) is 2.22. The average molecular weight is 255 g/mol. The first-order valence-corrected chi connectivity index (χ1v) is 6.31. The monoisotopic (exact) mass is 255 g/mol. The molecule has 6 heteroatoms. The van der Waals surface area contributed by atoms with E-state index in [4.69, 9.17) is 10.5 Å². The molecule has 102 valence electrons. The minimum Gasteiger partial charge on any atom is -0.379 e. The van der Waals surface area contributed by atoms with Crippen LogP contribution >= 0.6 is 0 Å². The number of carbonyl (C=O) groups is 2. The average Bonchev–Trinajstić information content (AvgIpc) is 2.94. The molecule has 2 aliphatic rings. The van der Waals surface area contributed by atoms with Crippen molar-refractivity contribution in [3.63, 3.8) is 0 Å². The van der Waals surface area contributed by atoms with Crippen molar-refractivity contribution in [2.24, 2.45) is 17.1 Å². The fourth-order valence-electron chi connectivity index (χ4n) is 2.67. The number of amides is 2. The Bertz CT molecular complexity index is 360. The summed E-state index contributed by atoms with van der Waals surface area (Å²) in [7, 11) is 1.83. The Morgan fingerprint density at radius 3 is 2.72 bits per heavy atom. The van der Waals surface area contributed by atoms with Crippen LogP contribution in [0.5, 0.6) is 0 Å². The van der Waals surface area contributed by atoms with E-state index in [9.17, 15) is 9.59 Å². The van der Waals surface area contributed by atoms with Crippen molar-refractivity contribution < 1.29 is 14.3 Å². The molecule has 18 heavy (non-hydrogen) atoms. The maximum Gasteiger partial charge on any atom is 0.229 e. The molecule has 2 rings (SSSR count). The zero-order chi connectivity index (χ0) is 13.3. The van der Waals surface area contributed by atoms with Gasteiger partial charge in [-0.1, -0.05) is 0 Å². The number of likely N-dealkylation sites (tertiary alicyclic amines) is 1. The van der Waals surface area contributed by atoms with Crippen LogP contribution in [0.25, 0.3) is 0 Å². The first-order chi connectivity index (χ1) is 8.48. The first kappa shape index (κ1) is 13.3. The van der Waals surface area contributed by atoms with Gasteiger partial charge in [0, 0.05) is 19.1 Å². The van der Waals surface area contributed by atoms with Gasteiger partial charge >= 0.3 is 0 Å². The third-order valence-corrected chi connectivity index (χ3v) is 4.15. The molecule has 0 radical (unpaired) electrons. The van der Waals surface area contributed by atoms with Crippen LogP contribution in [-0.4, -0.2) is 56.1 Å². The molecule has 2 saturated heterocycles. The van der Waals surface area contributed by atoms with Gasteiger partial charge in [0.15, 0.2) is 0 Å². The van der Waals surface area contributed by atoms with E-state index in [2.05, 4.69) is 5.32 Å². The number of nitrogens with one attached hydrogen (secondary N) is 1. The fraction of sp³-hybridized carbons (Fsp3) is 0.833. The molecule has 0 bridgehead atoms. The van der Waals surface area contributed by atoms with Crippen LogP contribution in [0.3, 0.4) is 0 Å². The number of carbonyl (C=O) groups excluding carboxylic acids is 2. The van der Waals surface area contributed by atoms with E-state index < -0.39 is 5.41 Å². The molecular formula is C12H21N3O3. The van der Waals surface area contributed by atoms with Crippen LogP contribution in [0, 0.1) is 11.3 Å². The quantitative estimate of drug-likeness (QED) is 0.673. The number of nitrogens with two attached hydrogens (primary N) is 1. The number of ether oxygens (including phenoxy) is 1. The molecule has 0 aromatic carbocycles. The predicted octanol–water partition coefficient (Wildman–Crippen LogP) is -1.06. The molecule has 3 unspecified atom stereocenters. The molecule has 0 aliphatic carbocycles. The van der Waals surface area contributed by atoms with E-state index in [0.29, 0.717) is 32.7 Å². The highest BCUT2D eigenvalue weighted by atomic mass is 16.5. The Morgan fingerprint density at radius 2 is 2.17 bits per heavy atom. The fourth-order valence-corrected chi connectivity index (χ4v) is 2.67. The van der Waals surface area contributed by atoms with E-state index in [1.54, 1.807) is 4.90 Å². The second kappa shape index (κ2) is 4.85. The van der Waals surface area contributed by atoms with Crippen LogP contribution in [0.15, 0.2) is 0 Å². The Hall–Kier alpha value is -1.14. The van der Waals surface area contributed by atoms with Crippen molar-refractivity contribution in [3.8, 4) is 0 Å². The van der Waals surface area contributed by atoms with Crippen LogP contribution in [0.4, 0.5) is 0 Å². The lowest BCUT2D eigenvalue weighted by molar-refractivity contribution is -0.135. The Kier molecular flexibility index (Phi) is 3.59. The Balaban J connectivity index is 2.01. The number of nitrogens with zero attached hydrogens (tertiary/aromatic N) is 1. The van der Waals surface area contributed by atoms with Gasteiger partial charge in [0.1, 0.15) is 0 Å². The van der Waals surface area contributed by atoms with E-state index in [1.807, 2.05) is 14.0 Å². The van der Waals surface area contributed by atoms with Gasteiger partial charge < -0.3 is 20.7 Å². The molecule has 2 fully saturated rings. The smallest absolute Gasteiger partial charge is 0.229 e. The van der Waals surface area contributed by atoms with Gasteiger partial charge in [0.25, 0.3) is 0 Å².